The van der Waals surface area contributed by atoms with Crippen molar-refractivity contribution < 1.29 is 14.7 Å². The summed E-state index contributed by atoms with van der Waals surface area (Å²) in [4.78, 5) is 37.0. The van der Waals surface area contributed by atoms with E-state index in [1.54, 1.807) is 55.5 Å². The zero-order chi connectivity index (χ0) is 44.2. The van der Waals surface area contributed by atoms with E-state index >= 15 is 0 Å². The molecule has 2 saturated heterocycles. The third kappa shape index (κ3) is 16.1. The fraction of sp³-hybridized carbons (Fsp3) is 0.615. The van der Waals surface area contributed by atoms with Crippen molar-refractivity contribution in [3.8, 4) is 11.4 Å². The van der Waals surface area contributed by atoms with Crippen molar-refractivity contribution >= 4 is 24.3 Å². The first kappa shape index (κ1) is 51.0. The van der Waals surface area contributed by atoms with Crippen molar-refractivity contribution in [3.63, 3.8) is 0 Å². The number of hydrogen-bond acceptors (Lipinski definition) is 7. The third-order valence-electron chi connectivity index (χ3n) is 14.2. The molecule has 4 aliphatic rings. The zero-order valence-corrected chi connectivity index (χ0v) is 39.8. The number of unbranched alkanes of at least 4 members (excludes halogenated alkanes) is 2. The van der Waals surface area contributed by atoms with Gasteiger partial charge in [-0.2, -0.15) is 0 Å². The normalized spacial score (nSPS) is 23.9. The monoisotopic (exact) mass is 899 g/mol. The predicted molar refractivity (Wildman–Crippen MR) is 262 cm³/mol. The summed E-state index contributed by atoms with van der Waals surface area (Å²) < 4.78 is 3.76. The van der Waals surface area contributed by atoms with Crippen molar-refractivity contribution in [1.82, 2.24) is 34.2 Å². The maximum absolute atomic E-state index is 13.0. The molecule has 11 nitrogen and oxygen atoms in total. The lowest BCUT2D eigenvalue weighted by Gasteiger charge is -2.39. The molecule has 6 atom stereocenters. The summed E-state index contributed by atoms with van der Waals surface area (Å²) in [7, 11) is 0. The number of nitrogens with one attached hydrogen (secondary N) is 1. The van der Waals surface area contributed by atoms with Crippen LogP contribution in [-0.4, -0.2) is 97.2 Å². The van der Waals surface area contributed by atoms with E-state index in [0.29, 0.717) is 18.0 Å². The first-order valence-corrected chi connectivity index (χ1v) is 24.7. The average Bonchev–Trinajstić information content (AvgIpc) is 4.07. The summed E-state index contributed by atoms with van der Waals surface area (Å²) in [6.07, 6.45) is 34.7. The minimum atomic E-state index is -0.915. The standard InChI is InChI=1S/C26H38N4O.C16H32N2.C10H8N2O2.ClH/c1-2-3-7-21-8-6-16-29(18-21)19-23-9-4-5-10-25(23)28-26(31)22-11-13-24(14-12-22)30-17-15-27-20-30;1-2-3-7-14-8-6-11-18(12-14)13-15-9-4-5-10-16(15)17;13-10(14)8-1-3-9(4-2-8)12-6-5-11-7-12;/h11-15,17,20-21,23,25H,2-10,16,18-19H2,1H3,(H,28,31);14-16H,2-13,17H2,1H3;1-7H,(H,13,14);1H/t21?,23-,25+;14?,15-,16+;;/m00../s1. The number of nitrogens with zero attached hydrogens (tertiary/aromatic N) is 6. The van der Waals surface area contributed by atoms with Gasteiger partial charge in [0.25, 0.3) is 5.91 Å². The van der Waals surface area contributed by atoms with Gasteiger partial charge in [-0.1, -0.05) is 65.2 Å². The van der Waals surface area contributed by atoms with E-state index in [1.165, 1.54) is 142 Å². The summed E-state index contributed by atoms with van der Waals surface area (Å²) in [6.45, 7) is 12.2. The van der Waals surface area contributed by atoms with Crippen molar-refractivity contribution in [2.24, 2.45) is 29.4 Å². The highest BCUT2D eigenvalue weighted by Crippen LogP contribution is 2.30. The number of likely N-dealkylation sites (tertiary alicyclic amines) is 2. The Labute approximate surface area is 390 Å². The van der Waals surface area contributed by atoms with Crippen LogP contribution in [0.3, 0.4) is 0 Å². The molecule has 2 aliphatic carbocycles. The third-order valence-corrected chi connectivity index (χ3v) is 14.2. The van der Waals surface area contributed by atoms with Crippen LogP contribution in [0, 0.1) is 23.7 Å². The molecule has 64 heavy (non-hydrogen) atoms. The lowest BCUT2D eigenvalue weighted by molar-refractivity contribution is 0.0696. The average molecular weight is 900 g/mol. The molecule has 4 heterocycles. The van der Waals surface area contributed by atoms with Gasteiger partial charge in [0.1, 0.15) is 0 Å². The highest BCUT2D eigenvalue weighted by Gasteiger charge is 2.31. The Hall–Kier alpha value is -4.03. The molecular weight excluding hydrogens is 820 g/mol. The van der Waals surface area contributed by atoms with E-state index in [4.69, 9.17) is 10.8 Å². The van der Waals surface area contributed by atoms with Gasteiger partial charge < -0.3 is 35.1 Å². The van der Waals surface area contributed by atoms with Crippen molar-refractivity contribution in [2.45, 2.75) is 142 Å². The zero-order valence-electron chi connectivity index (χ0n) is 39.0. The van der Waals surface area contributed by atoms with Crippen molar-refractivity contribution in [2.75, 3.05) is 39.3 Å². The molecule has 4 aromatic rings. The Balaban J connectivity index is 0.000000198. The van der Waals surface area contributed by atoms with Crippen LogP contribution < -0.4 is 11.1 Å². The number of imidazole rings is 2. The first-order chi connectivity index (χ1) is 30.8. The van der Waals surface area contributed by atoms with Gasteiger partial charge in [0.15, 0.2) is 0 Å². The van der Waals surface area contributed by atoms with Crippen LogP contribution in [0.25, 0.3) is 11.4 Å². The molecule has 12 heteroatoms. The van der Waals surface area contributed by atoms with E-state index < -0.39 is 5.97 Å². The number of benzene rings is 2. The lowest BCUT2D eigenvalue weighted by atomic mass is 9.83. The molecule has 352 valence electrons. The van der Waals surface area contributed by atoms with E-state index in [9.17, 15) is 9.59 Å². The highest BCUT2D eigenvalue weighted by molar-refractivity contribution is 5.94. The number of aromatic carboxylic acids is 1. The number of halogens is 1. The number of nitrogens with two attached hydrogens (primary N) is 1. The second kappa shape index (κ2) is 27.4. The van der Waals surface area contributed by atoms with Crippen molar-refractivity contribution in [3.05, 3.63) is 97.1 Å². The number of hydrogen-bond donors (Lipinski definition) is 3. The summed E-state index contributed by atoms with van der Waals surface area (Å²) >= 11 is 0. The molecule has 2 saturated carbocycles. The molecule has 4 fully saturated rings. The van der Waals surface area contributed by atoms with Gasteiger partial charge in [-0.05, 0) is 150 Å². The minimum Gasteiger partial charge on any atom is -0.478 e. The van der Waals surface area contributed by atoms with Gasteiger partial charge in [-0.15, -0.1) is 12.4 Å². The number of carbonyl (C=O) groups excluding carboxylic acids is 1. The van der Waals surface area contributed by atoms with Crippen LogP contribution >= 0.6 is 12.4 Å². The second-order valence-electron chi connectivity index (χ2n) is 19.0. The van der Waals surface area contributed by atoms with Gasteiger partial charge in [0.05, 0.1) is 18.2 Å². The van der Waals surface area contributed by atoms with Crippen LogP contribution in [0.2, 0.25) is 0 Å². The SMILES string of the molecule is CCCCC1CCCN(C[C@@H]2CCCC[C@H]2N)C1.CCCCC1CCCN(C[C@@H]2CCCC[C@H]2NC(=O)c2ccc(-n3ccnc3)cc2)C1.Cl.O=C(O)c1ccc(-n2ccnc2)cc1. The van der Waals surface area contributed by atoms with E-state index in [0.717, 1.165) is 47.7 Å². The molecule has 4 N–H and O–H groups in total. The van der Waals surface area contributed by atoms with E-state index in [1.807, 2.05) is 39.6 Å². The lowest BCUT2D eigenvalue weighted by Crippen LogP contribution is -2.48. The number of amides is 1. The van der Waals surface area contributed by atoms with Crippen LogP contribution in [0.4, 0.5) is 0 Å². The van der Waals surface area contributed by atoms with Gasteiger partial charge in [-0.25, -0.2) is 14.8 Å². The summed E-state index contributed by atoms with van der Waals surface area (Å²) in [6, 6.07) is 15.2. The molecule has 2 aromatic carbocycles. The number of carbonyl (C=O) groups is 2. The summed E-state index contributed by atoms with van der Waals surface area (Å²) in [5.74, 6) is 2.35. The molecular formula is C52H79ClN8O3. The Morgan fingerprint density at radius 1 is 0.656 bits per heavy atom. The molecule has 8 rings (SSSR count). The number of aromatic nitrogens is 4. The fourth-order valence-electron chi connectivity index (χ4n) is 10.5. The molecule has 0 radical (unpaired) electrons. The largest absolute Gasteiger partial charge is 0.478 e. The van der Waals surface area contributed by atoms with E-state index in [-0.39, 0.29) is 23.9 Å². The molecule has 0 spiro atoms. The topological polar surface area (TPSA) is 135 Å². The van der Waals surface area contributed by atoms with Gasteiger partial charge >= 0.3 is 5.97 Å². The molecule has 2 aromatic heterocycles. The van der Waals surface area contributed by atoms with Crippen molar-refractivity contribution in [1.29, 1.82) is 0 Å². The molecule has 1 amide bonds. The van der Waals surface area contributed by atoms with Crippen LogP contribution in [0.5, 0.6) is 0 Å². The van der Waals surface area contributed by atoms with Gasteiger partial charge in [-0.3, -0.25) is 4.79 Å². The number of carboxylic acid groups (broad SMARTS) is 1. The second-order valence-corrected chi connectivity index (χ2v) is 19.0. The maximum Gasteiger partial charge on any atom is 0.335 e. The number of rotatable bonds is 15. The van der Waals surface area contributed by atoms with Gasteiger partial charge in [0, 0.05) is 80.0 Å². The minimum absolute atomic E-state index is 0. The Bertz CT molecular complexity index is 1870. The summed E-state index contributed by atoms with van der Waals surface area (Å²) in [5, 5.41) is 12.1. The first-order valence-electron chi connectivity index (χ1n) is 24.7. The predicted octanol–water partition coefficient (Wildman–Crippen LogP) is 10.5. The maximum atomic E-state index is 13.0. The fourth-order valence-corrected chi connectivity index (χ4v) is 10.5. The summed E-state index contributed by atoms with van der Waals surface area (Å²) in [5.41, 5.74) is 9.23. The highest BCUT2D eigenvalue weighted by atomic mass is 35.5. The molecule has 0 bridgehead atoms. The Morgan fingerprint density at radius 3 is 1.62 bits per heavy atom. The van der Waals surface area contributed by atoms with Crippen LogP contribution in [0.1, 0.15) is 150 Å². The Morgan fingerprint density at radius 2 is 1.14 bits per heavy atom. The van der Waals surface area contributed by atoms with E-state index in [2.05, 4.69) is 38.9 Å². The Kier molecular flexibility index (Phi) is 21.9. The molecule has 2 unspecified atom stereocenters. The molecule has 2 aliphatic heterocycles. The van der Waals surface area contributed by atoms with Crippen LogP contribution in [-0.2, 0) is 0 Å². The number of piperidine rings is 2. The van der Waals surface area contributed by atoms with Crippen LogP contribution in [0.15, 0.2) is 86.0 Å². The van der Waals surface area contributed by atoms with Gasteiger partial charge in [0.2, 0.25) is 0 Å². The number of carboxylic acids is 1. The quantitative estimate of drug-likeness (QED) is 0.107. The smallest absolute Gasteiger partial charge is 0.335 e.